The van der Waals surface area contributed by atoms with Crippen molar-refractivity contribution >= 4 is 5.69 Å². The summed E-state index contributed by atoms with van der Waals surface area (Å²) in [7, 11) is 0. The fourth-order valence-electron chi connectivity index (χ4n) is 0.877. The Morgan fingerprint density at radius 1 is 1.50 bits per heavy atom. The zero-order valence-electron chi connectivity index (χ0n) is 7.51. The van der Waals surface area contributed by atoms with E-state index < -0.39 is 11.0 Å². The number of nitriles is 1. The largest absolute Gasteiger partial charge is 0.476 e. The van der Waals surface area contributed by atoms with Gasteiger partial charge in [-0.05, 0) is 19.1 Å². The molecule has 1 aromatic rings. The van der Waals surface area contributed by atoms with Crippen molar-refractivity contribution in [2.75, 3.05) is 0 Å². The second kappa shape index (κ2) is 4.23. The molecular weight excluding hydrogens is 184 g/mol. The van der Waals surface area contributed by atoms with Gasteiger partial charge in [-0.25, -0.2) is 0 Å². The molecule has 1 atom stereocenters. The van der Waals surface area contributed by atoms with Crippen LogP contribution in [0.2, 0.25) is 0 Å². The maximum atomic E-state index is 10.3. The van der Waals surface area contributed by atoms with Crippen LogP contribution in [-0.4, -0.2) is 11.0 Å². The summed E-state index contributed by atoms with van der Waals surface area (Å²) in [4.78, 5) is 9.81. The van der Waals surface area contributed by atoms with Gasteiger partial charge in [0.1, 0.15) is 11.8 Å². The monoisotopic (exact) mass is 192 g/mol. The fraction of sp³-hybridized carbons (Fsp3) is 0.222. The quantitative estimate of drug-likeness (QED) is 0.541. The van der Waals surface area contributed by atoms with Crippen molar-refractivity contribution in [1.82, 2.24) is 0 Å². The Morgan fingerprint density at radius 3 is 2.50 bits per heavy atom. The van der Waals surface area contributed by atoms with E-state index in [-0.39, 0.29) is 5.69 Å². The summed E-state index contributed by atoms with van der Waals surface area (Å²) in [5, 5.41) is 18.8. The Hall–Kier alpha value is -2.09. The zero-order chi connectivity index (χ0) is 10.6. The van der Waals surface area contributed by atoms with E-state index in [0.29, 0.717) is 5.75 Å². The van der Waals surface area contributed by atoms with Crippen molar-refractivity contribution in [3.8, 4) is 11.8 Å². The van der Waals surface area contributed by atoms with Gasteiger partial charge in [0.2, 0.25) is 0 Å². The van der Waals surface area contributed by atoms with Crippen LogP contribution in [-0.2, 0) is 0 Å². The van der Waals surface area contributed by atoms with Gasteiger partial charge in [0, 0.05) is 12.1 Å². The van der Waals surface area contributed by atoms with Crippen LogP contribution < -0.4 is 4.74 Å². The van der Waals surface area contributed by atoms with Gasteiger partial charge in [-0.15, -0.1) is 0 Å². The molecule has 5 heteroatoms. The van der Waals surface area contributed by atoms with Gasteiger partial charge >= 0.3 is 0 Å². The maximum absolute atomic E-state index is 10.3. The summed E-state index contributed by atoms with van der Waals surface area (Å²) >= 11 is 0. The third-order valence-corrected chi connectivity index (χ3v) is 1.54. The third kappa shape index (κ3) is 2.45. The van der Waals surface area contributed by atoms with Gasteiger partial charge in [-0.3, -0.25) is 10.1 Å². The number of non-ortho nitro benzene ring substituents is 1. The van der Waals surface area contributed by atoms with Crippen LogP contribution in [0.25, 0.3) is 0 Å². The van der Waals surface area contributed by atoms with Gasteiger partial charge in [0.05, 0.1) is 4.92 Å². The summed E-state index contributed by atoms with van der Waals surface area (Å²) < 4.78 is 5.11. The molecule has 0 aliphatic heterocycles. The van der Waals surface area contributed by atoms with Crippen LogP contribution in [0.3, 0.4) is 0 Å². The van der Waals surface area contributed by atoms with Crippen LogP contribution in [0.1, 0.15) is 6.92 Å². The van der Waals surface area contributed by atoms with Crippen LogP contribution in [0, 0.1) is 21.4 Å². The van der Waals surface area contributed by atoms with Gasteiger partial charge in [0.25, 0.3) is 5.69 Å². The van der Waals surface area contributed by atoms with Crippen molar-refractivity contribution in [3.05, 3.63) is 34.4 Å². The average Bonchev–Trinajstić information content (AvgIpc) is 2.18. The summed E-state index contributed by atoms with van der Waals surface area (Å²) in [5.41, 5.74) is 0.00182. The molecule has 0 bridgehead atoms. The lowest BCUT2D eigenvalue weighted by molar-refractivity contribution is -0.384. The number of hydrogen-bond acceptors (Lipinski definition) is 4. The Labute approximate surface area is 80.7 Å². The molecule has 1 rings (SSSR count). The molecule has 0 heterocycles. The first-order valence-electron chi connectivity index (χ1n) is 3.94. The second-order valence-corrected chi connectivity index (χ2v) is 2.64. The van der Waals surface area contributed by atoms with E-state index in [4.69, 9.17) is 10.00 Å². The fourth-order valence-corrected chi connectivity index (χ4v) is 0.877. The lowest BCUT2D eigenvalue weighted by Gasteiger charge is -2.06. The first-order valence-corrected chi connectivity index (χ1v) is 3.94. The number of nitro benzene ring substituents is 1. The molecule has 0 aliphatic rings. The van der Waals surface area contributed by atoms with Crippen molar-refractivity contribution in [1.29, 1.82) is 5.26 Å². The van der Waals surface area contributed by atoms with Gasteiger partial charge in [-0.1, -0.05) is 0 Å². The molecule has 0 fully saturated rings. The minimum atomic E-state index is -0.559. The van der Waals surface area contributed by atoms with Crippen molar-refractivity contribution < 1.29 is 9.66 Å². The molecule has 0 radical (unpaired) electrons. The highest BCUT2D eigenvalue weighted by atomic mass is 16.6. The van der Waals surface area contributed by atoms with E-state index in [1.54, 1.807) is 6.92 Å². The molecule has 0 aromatic heterocycles. The molecule has 0 aliphatic carbocycles. The van der Waals surface area contributed by atoms with Crippen molar-refractivity contribution in [3.63, 3.8) is 0 Å². The van der Waals surface area contributed by atoms with Crippen LogP contribution in [0.4, 0.5) is 5.69 Å². The van der Waals surface area contributed by atoms with Crippen molar-refractivity contribution in [2.24, 2.45) is 0 Å². The molecular formula is C9H8N2O3. The van der Waals surface area contributed by atoms with Gasteiger partial charge < -0.3 is 4.74 Å². The number of benzene rings is 1. The molecule has 1 aromatic carbocycles. The molecule has 0 saturated carbocycles. The summed E-state index contributed by atoms with van der Waals surface area (Å²) in [6.45, 7) is 1.60. The van der Waals surface area contributed by atoms with Crippen LogP contribution in [0.15, 0.2) is 24.3 Å². The predicted molar refractivity (Wildman–Crippen MR) is 48.8 cm³/mol. The number of ether oxygens (including phenoxy) is 1. The summed E-state index contributed by atoms with van der Waals surface area (Å²) in [6, 6.07) is 7.49. The van der Waals surface area contributed by atoms with E-state index in [2.05, 4.69) is 0 Å². The van der Waals surface area contributed by atoms with E-state index >= 15 is 0 Å². The Kier molecular flexibility index (Phi) is 3.02. The lowest BCUT2D eigenvalue weighted by Crippen LogP contribution is -2.07. The Morgan fingerprint density at radius 2 is 2.07 bits per heavy atom. The average molecular weight is 192 g/mol. The first-order chi connectivity index (χ1) is 6.63. The highest BCUT2D eigenvalue weighted by Crippen LogP contribution is 2.17. The number of nitro groups is 1. The molecule has 14 heavy (non-hydrogen) atoms. The number of hydrogen-bond donors (Lipinski definition) is 0. The molecule has 0 spiro atoms. The van der Waals surface area contributed by atoms with Gasteiger partial charge in [-0.2, -0.15) is 5.26 Å². The minimum absolute atomic E-state index is 0.00182. The smallest absolute Gasteiger partial charge is 0.269 e. The van der Waals surface area contributed by atoms with Crippen molar-refractivity contribution in [2.45, 2.75) is 13.0 Å². The number of nitrogens with zero attached hydrogens (tertiary/aromatic N) is 2. The molecule has 1 unspecified atom stereocenters. The van der Waals surface area contributed by atoms with E-state index in [0.717, 1.165) is 0 Å². The molecule has 0 saturated heterocycles. The van der Waals surface area contributed by atoms with Crippen LogP contribution >= 0.6 is 0 Å². The normalized spacial score (nSPS) is 11.4. The van der Waals surface area contributed by atoms with E-state index in [1.807, 2.05) is 6.07 Å². The SMILES string of the molecule is CC(C#N)Oc1ccc([N+](=O)[O-])cc1. The second-order valence-electron chi connectivity index (χ2n) is 2.64. The highest BCUT2D eigenvalue weighted by Gasteiger charge is 2.06. The number of rotatable bonds is 3. The Balaban J connectivity index is 2.75. The van der Waals surface area contributed by atoms with E-state index in [9.17, 15) is 10.1 Å². The van der Waals surface area contributed by atoms with E-state index in [1.165, 1.54) is 24.3 Å². The maximum Gasteiger partial charge on any atom is 0.269 e. The molecule has 72 valence electrons. The highest BCUT2D eigenvalue weighted by molar-refractivity contribution is 5.36. The first kappa shape index (κ1) is 9.99. The van der Waals surface area contributed by atoms with Gasteiger partial charge in [0.15, 0.2) is 6.10 Å². The third-order valence-electron chi connectivity index (χ3n) is 1.54. The summed E-state index contributed by atoms with van der Waals surface area (Å²) in [6.07, 6.45) is -0.559. The summed E-state index contributed by atoms with van der Waals surface area (Å²) in [5.74, 6) is 0.449. The zero-order valence-corrected chi connectivity index (χ0v) is 7.51. The minimum Gasteiger partial charge on any atom is -0.476 e. The lowest BCUT2D eigenvalue weighted by atomic mass is 10.3. The molecule has 0 N–H and O–H groups in total. The predicted octanol–water partition coefficient (Wildman–Crippen LogP) is 1.89. The molecule has 0 amide bonds. The molecule has 5 nitrogen and oxygen atoms in total. The Bertz CT molecular complexity index is 367. The topological polar surface area (TPSA) is 76.2 Å². The van der Waals surface area contributed by atoms with Crippen LogP contribution in [0.5, 0.6) is 5.75 Å². The standard InChI is InChI=1S/C9H8N2O3/c1-7(6-10)14-9-4-2-8(3-5-9)11(12)13/h2-5,7H,1H3.